The maximum Gasteiger partial charge on any atom is 0.260 e. The smallest absolute Gasteiger partial charge is 0.260 e. The van der Waals surface area contributed by atoms with Crippen molar-refractivity contribution in [2.45, 2.75) is 46.4 Å². The van der Waals surface area contributed by atoms with E-state index in [1.165, 1.54) is 0 Å². The van der Waals surface area contributed by atoms with E-state index in [9.17, 15) is 4.79 Å². The molecule has 10 nitrogen and oxygen atoms in total. The Kier molecular flexibility index (Phi) is 7.18. The summed E-state index contributed by atoms with van der Waals surface area (Å²) >= 11 is 0. The summed E-state index contributed by atoms with van der Waals surface area (Å²) in [7, 11) is 3.93. The Morgan fingerprint density at radius 3 is 2.76 bits per heavy atom. The molecule has 3 aromatic rings. The van der Waals surface area contributed by atoms with Crippen molar-refractivity contribution in [2.24, 2.45) is 0 Å². The second-order valence-electron chi connectivity index (χ2n) is 8.65. The molecule has 180 valence electrons. The third-order valence-electron chi connectivity index (χ3n) is 6.16. The molecule has 1 amide bonds. The number of pyridine rings is 2. The first-order chi connectivity index (χ1) is 16.4. The summed E-state index contributed by atoms with van der Waals surface area (Å²) in [5.41, 5.74) is 3.22. The highest BCUT2D eigenvalue weighted by Gasteiger charge is 2.33. The molecule has 1 aliphatic rings. The quantitative estimate of drug-likeness (QED) is 0.441. The molecule has 0 aromatic carbocycles. The number of likely N-dealkylation sites (N-methyl/N-ethyl adjacent to an activating group) is 1. The molecule has 0 radical (unpaired) electrons. The number of anilines is 2. The highest BCUT2D eigenvalue weighted by atomic mass is 16.2. The van der Waals surface area contributed by atoms with E-state index >= 15 is 0 Å². The van der Waals surface area contributed by atoms with E-state index in [-0.39, 0.29) is 11.9 Å². The van der Waals surface area contributed by atoms with Gasteiger partial charge in [-0.05, 0) is 46.0 Å². The number of rotatable bonds is 10. The fourth-order valence-electron chi connectivity index (χ4n) is 3.93. The van der Waals surface area contributed by atoms with Gasteiger partial charge in [-0.3, -0.25) is 9.69 Å². The van der Waals surface area contributed by atoms with Crippen LogP contribution in [0.5, 0.6) is 0 Å². The largest absolute Gasteiger partial charge is 0.357 e. The summed E-state index contributed by atoms with van der Waals surface area (Å²) in [5.74, 6) is 2.02. The molecule has 0 fully saturated rings. The van der Waals surface area contributed by atoms with Crippen LogP contribution in [0, 0.1) is 0 Å². The van der Waals surface area contributed by atoms with Gasteiger partial charge in [-0.1, -0.05) is 6.07 Å². The average Bonchev–Trinajstić information content (AvgIpc) is 3.46. The van der Waals surface area contributed by atoms with Crippen LogP contribution >= 0.6 is 0 Å². The Labute approximate surface area is 200 Å². The number of hydrogen-bond acceptors (Lipinski definition) is 8. The molecule has 4 heterocycles. The molecule has 1 aliphatic heterocycles. The number of carbonyl (C=O) groups is 1. The Morgan fingerprint density at radius 2 is 2.03 bits per heavy atom. The minimum Gasteiger partial charge on any atom is -0.357 e. The van der Waals surface area contributed by atoms with Crippen molar-refractivity contribution < 1.29 is 4.79 Å². The van der Waals surface area contributed by atoms with Crippen LogP contribution in [0.1, 0.15) is 42.4 Å². The van der Waals surface area contributed by atoms with Crippen molar-refractivity contribution >= 4 is 17.5 Å². The highest BCUT2D eigenvalue weighted by Crippen LogP contribution is 2.32. The molecule has 10 heteroatoms. The summed E-state index contributed by atoms with van der Waals surface area (Å²) < 4.78 is 1.93. The van der Waals surface area contributed by atoms with E-state index in [0.29, 0.717) is 36.0 Å². The van der Waals surface area contributed by atoms with Crippen LogP contribution in [-0.2, 0) is 19.6 Å². The Balaban J connectivity index is 1.68. The zero-order valence-electron chi connectivity index (χ0n) is 20.5. The molecular formula is C24H33N9O. The van der Waals surface area contributed by atoms with Gasteiger partial charge >= 0.3 is 0 Å². The lowest BCUT2D eigenvalue weighted by molar-refractivity contribution is 0.0996. The molecule has 0 saturated carbocycles. The lowest BCUT2D eigenvalue weighted by Gasteiger charge is -2.24. The zero-order chi connectivity index (χ0) is 24.2. The molecule has 0 bridgehead atoms. The maximum absolute atomic E-state index is 13.6. The molecular weight excluding hydrogens is 430 g/mol. The topological polar surface area (TPSA) is 104 Å². The third kappa shape index (κ3) is 4.64. The van der Waals surface area contributed by atoms with Crippen molar-refractivity contribution in [3.05, 3.63) is 47.4 Å². The Bertz CT molecular complexity index is 1160. The molecule has 2 N–H and O–H groups in total. The SMILES string of the molecule is CCn1cnnc1-c1cccc(N2Cc3c(cc(N(C)C(C)C)nc3CNCCNC)C2=O)n1. The van der Waals surface area contributed by atoms with Gasteiger partial charge in [0.2, 0.25) is 0 Å². The number of aryl methyl sites for hydroxylation is 1. The first kappa shape index (κ1) is 23.8. The first-order valence-corrected chi connectivity index (χ1v) is 11.7. The Morgan fingerprint density at radius 1 is 1.21 bits per heavy atom. The van der Waals surface area contributed by atoms with E-state index < -0.39 is 0 Å². The van der Waals surface area contributed by atoms with Crippen LogP contribution in [-0.4, -0.2) is 63.9 Å². The summed E-state index contributed by atoms with van der Waals surface area (Å²) in [4.78, 5) is 27.1. The highest BCUT2D eigenvalue weighted by molar-refractivity contribution is 6.10. The number of fused-ring (bicyclic) bond motifs is 1. The number of carbonyl (C=O) groups excluding carboxylic acids is 1. The van der Waals surface area contributed by atoms with Crippen molar-refractivity contribution in [1.82, 2.24) is 35.4 Å². The van der Waals surface area contributed by atoms with Gasteiger partial charge in [-0.25, -0.2) is 9.97 Å². The second kappa shape index (κ2) is 10.3. The van der Waals surface area contributed by atoms with Gasteiger partial charge < -0.3 is 20.1 Å². The summed E-state index contributed by atoms with van der Waals surface area (Å²) in [6, 6.07) is 7.82. The molecule has 0 unspecified atom stereocenters. The Hall–Kier alpha value is -3.37. The van der Waals surface area contributed by atoms with Crippen LogP contribution in [0.2, 0.25) is 0 Å². The molecule has 0 spiro atoms. The molecule has 3 aromatic heterocycles. The number of amides is 1. The standard InChI is InChI=1S/C24H33N9O/c1-6-32-15-27-30-23(32)19-8-7-9-21(28-19)33-14-18-17(24(33)34)12-22(31(5)16(2)3)29-20(18)13-26-11-10-25-4/h7-9,12,15-16,25-26H,6,10-11,13-14H2,1-5H3. The van der Waals surface area contributed by atoms with Crippen molar-refractivity contribution in [2.75, 3.05) is 37.0 Å². The first-order valence-electron chi connectivity index (χ1n) is 11.7. The van der Waals surface area contributed by atoms with Crippen LogP contribution in [0.15, 0.2) is 30.6 Å². The lowest BCUT2D eigenvalue weighted by Crippen LogP contribution is -2.28. The summed E-state index contributed by atoms with van der Waals surface area (Å²) in [5, 5.41) is 14.8. The number of nitrogens with one attached hydrogen (secondary N) is 2. The zero-order valence-corrected chi connectivity index (χ0v) is 20.5. The van der Waals surface area contributed by atoms with Gasteiger partial charge in [0.25, 0.3) is 5.91 Å². The number of nitrogens with zero attached hydrogens (tertiary/aromatic N) is 7. The monoisotopic (exact) mass is 463 g/mol. The van der Waals surface area contributed by atoms with E-state index in [2.05, 4.69) is 39.6 Å². The van der Waals surface area contributed by atoms with E-state index in [1.807, 2.05) is 49.9 Å². The third-order valence-corrected chi connectivity index (χ3v) is 6.16. The van der Waals surface area contributed by atoms with Crippen LogP contribution in [0.4, 0.5) is 11.6 Å². The molecule has 0 aliphatic carbocycles. The summed E-state index contributed by atoms with van der Waals surface area (Å²) in [6.07, 6.45) is 1.69. The summed E-state index contributed by atoms with van der Waals surface area (Å²) in [6.45, 7) is 9.70. The van der Waals surface area contributed by atoms with E-state index in [0.717, 1.165) is 36.7 Å². The van der Waals surface area contributed by atoms with Crippen molar-refractivity contribution in [3.63, 3.8) is 0 Å². The van der Waals surface area contributed by atoms with E-state index in [1.54, 1.807) is 11.2 Å². The van der Waals surface area contributed by atoms with Gasteiger partial charge in [-0.2, -0.15) is 0 Å². The van der Waals surface area contributed by atoms with E-state index in [4.69, 9.17) is 9.97 Å². The predicted octanol–water partition coefficient (Wildman–Crippen LogP) is 2.07. The van der Waals surface area contributed by atoms with Gasteiger partial charge in [0.1, 0.15) is 23.7 Å². The van der Waals surface area contributed by atoms with Crippen LogP contribution < -0.4 is 20.4 Å². The van der Waals surface area contributed by atoms with Crippen molar-refractivity contribution in [1.29, 1.82) is 0 Å². The number of hydrogen-bond donors (Lipinski definition) is 2. The van der Waals surface area contributed by atoms with Crippen molar-refractivity contribution in [3.8, 4) is 11.5 Å². The maximum atomic E-state index is 13.6. The minimum atomic E-state index is -0.0612. The molecule has 34 heavy (non-hydrogen) atoms. The predicted molar refractivity (Wildman–Crippen MR) is 133 cm³/mol. The normalized spacial score (nSPS) is 13.1. The molecule has 4 rings (SSSR count). The minimum absolute atomic E-state index is 0.0612. The van der Waals surface area contributed by atoms with Crippen LogP contribution in [0.3, 0.4) is 0 Å². The lowest BCUT2D eigenvalue weighted by atomic mass is 10.1. The van der Waals surface area contributed by atoms with Crippen LogP contribution in [0.25, 0.3) is 11.5 Å². The average molecular weight is 464 g/mol. The van der Waals surface area contributed by atoms with Gasteiger partial charge in [-0.15, -0.1) is 10.2 Å². The number of aromatic nitrogens is 5. The van der Waals surface area contributed by atoms with Gasteiger partial charge in [0, 0.05) is 44.8 Å². The fraction of sp³-hybridized carbons (Fsp3) is 0.458. The fourth-order valence-corrected chi connectivity index (χ4v) is 3.93. The molecule has 0 saturated heterocycles. The second-order valence-corrected chi connectivity index (χ2v) is 8.65. The van der Waals surface area contributed by atoms with Gasteiger partial charge in [0.15, 0.2) is 5.82 Å². The van der Waals surface area contributed by atoms with Gasteiger partial charge in [0.05, 0.1) is 17.8 Å². The molecule has 0 atom stereocenters.